The summed E-state index contributed by atoms with van der Waals surface area (Å²) in [5, 5.41) is 4.68. The van der Waals surface area contributed by atoms with Crippen LogP contribution in [0, 0.1) is 0 Å². The van der Waals surface area contributed by atoms with Crippen molar-refractivity contribution in [2.24, 2.45) is 10.8 Å². The van der Waals surface area contributed by atoms with Gasteiger partial charge in [-0.1, -0.05) is 12.8 Å². The molecule has 7 heteroatoms. The number of nitrogens with zero attached hydrogens (tertiary/aromatic N) is 4. The molecule has 2 heterocycles. The standard InChI is InChI=1S/C12H18N6S/c13-11(10-9-14-5-6-15-10)16-17-12(19)18-7-3-1-2-4-8-18/h5-6,9H,1-4,7-8H2,(H2,13,16)(H,17,19). The molecule has 0 unspecified atom stereocenters. The van der Waals surface area contributed by atoms with E-state index in [1.54, 1.807) is 18.6 Å². The molecule has 1 aromatic rings. The lowest BCUT2D eigenvalue weighted by Crippen LogP contribution is -2.39. The summed E-state index contributed by atoms with van der Waals surface area (Å²) in [5.41, 5.74) is 9.18. The topological polar surface area (TPSA) is 79.4 Å². The maximum absolute atomic E-state index is 5.81. The molecule has 1 aliphatic rings. The Bertz CT molecular complexity index is 439. The molecule has 1 aromatic heterocycles. The zero-order valence-corrected chi connectivity index (χ0v) is 11.6. The molecule has 0 saturated carbocycles. The van der Waals surface area contributed by atoms with Crippen LogP contribution in [0.15, 0.2) is 23.7 Å². The fraction of sp³-hybridized carbons (Fsp3) is 0.500. The minimum Gasteiger partial charge on any atom is -0.380 e. The molecule has 1 fully saturated rings. The smallest absolute Gasteiger partial charge is 0.189 e. The molecule has 2 rings (SSSR count). The second-order valence-electron chi connectivity index (χ2n) is 4.41. The molecule has 0 radical (unpaired) electrons. The first kappa shape index (κ1) is 13.7. The first-order valence-electron chi connectivity index (χ1n) is 6.42. The minimum absolute atomic E-state index is 0.283. The summed E-state index contributed by atoms with van der Waals surface area (Å²) >= 11 is 5.32. The van der Waals surface area contributed by atoms with Crippen LogP contribution in [0.25, 0.3) is 0 Å². The first-order chi connectivity index (χ1) is 9.27. The van der Waals surface area contributed by atoms with E-state index in [2.05, 4.69) is 25.4 Å². The van der Waals surface area contributed by atoms with Crippen molar-refractivity contribution in [2.75, 3.05) is 13.1 Å². The van der Waals surface area contributed by atoms with Gasteiger partial charge < -0.3 is 10.6 Å². The lowest BCUT2D eigenvalue weighted by molar-refractivity contribution is 0.428. The maximum atomic E-state index is 5.81. The number of hydrazone groups is 1. The number of thiocarbonyl (C=S) groups is 1. The Kier molecular flexibility index (Phi) is 5.02. The van der Waals surface area contributed by atoms with Gasteiger partial charge in [-0.3, -0.25) is 10.4 Å². The molecule has 19 heavy (non-hydrogen) atoms. The van der Waals surface area contributed by atoms with E-state index in [-0.39, 0.29) is 5.84 Å². The zero-order valence-electron chi connectivity index (χ0n) is 10.7. The number of rotatable bonds is 2. The Hall–Kier alpha value is -1.76. The molecule has 0 atom stereocenters. The van der Waals surface area contributed by atoms with Crippen LogP contribution in [0.5, 0.6) is 0 Å². The van der Waals surface area contributed by atoms with Crippen molar-refractivity contribution in [2.45, 2.75) is 25.7 Å². The van der Waals surface area contributed by atoms with E-state index in [4.69, 9.17) is 18.0 Å². The lowest BCUT2D eigenvalue weighted by atomic mass is 10.2. The summed E-state index contributed by atoms with van der Waals surface area (Å²) in [6.45, 7) is 1.96. The molecular formula is C12H18N6S. The van der Waals surface area contributed by atoms with E-state index in [0.29, 0.717) is 10.8 Å². The van der Waals surface area contributed by atoms with Crippen molar-refractivity contribution in [1.29, 1.82) is 0 Å². The Labute approximate surface area is 118 Å². The average Bonchev–Trinajstić information content (AvgIpc) is 2.74. The molecule has 0 spiro atoms. The quantitative estimate of drug-likeness (QED) is 0.361. The number of hydrogen-bond donors (Lipinski definition) is 2. The number of hydrogen-bond acceptors (Lipinski definition) is 4. The highest BCUT2D eigenvalue weighted by molar-refractivity contribution is 7.80. The van der Waals surface area contributed by atoms with Gasteiger partial charge in [-0.25, -0.2) is 4.98 Å². The van der Waals surface area contributed by atoms with E-state index < -0.39 is 0 Å². The van der Waals surface area contributed by atoms with Gasteiger partial charge in [-0.15, -0.1) is 0 Å². The molecule has 0 aliphatic carbocycles. The van der Waals surface area contributed by atoms with Crippen LogP contribution in [0.1, 0.15) is 31.4 Å². The fourth-order valence-electron chi connectivity index (χ4n) is 1.94. The molecule has 0 aromatic carbocycles. The van der Waals surface area contributed by atoms with Gasteiger partial charge in [-0.2, -0.15) is 5.10 Å². The Balaban J connectivity index is 1.91. The molecule has 1 saturated heterocycles. The van der Waals surface area contributed by atoms with Crippen LogP contribution in [0.4, 0.5) is 0 Å². The molecular weight excluding hydrogens is 260 g/mol. The largest absolute Gasteiger partial charge is 0.380 e. The van der Waals surface area contributed by atoms with Crippen molar-refractivity contribution in [3.63, 3.8) is 0 Å². The number of nitrogens with two attached hydrogens (primary N) is 1. The molecule has 1 aliphatic heterocycles. The van der Waals surface area contributed by atoms with Gasteiger partial charge in [0, 0.05) is 25.5 Å². The van der Waals surface area contributed by atoms with Crippen LogP contribution >= 0.6 is 12.2 Å². The van der Waals surface area contributed by atoms with Crippen LogP contribution < -0.4 is 11.2 Å². The van der Waals surface area contributed by atoms with Crippen molar-refractivity contribution in [3.05, 3.63) is 24.3 Å². The summed E-state index contributed by atoms with van der Waals surface area (Å²) in [4.78, 5) is 10.1. The van der Waals surface area contributed by atoms with Gasteiger partial charge in [0.15, 0.2) is 10.9 Å². The van der Waals surface area contributed by atoms with Gasteiger partial charge in [-0.05, 0) is 25.1 Å². The second kappa shape index (κ2) is 6.98. The summed E-state index contributed by atoms with van der Waals surface area (Å²) in [6, 6.07) is 0. The first-order valence-corrected chi connectivity index (χ1v) is 6.82. The van der Waals surface area contributed by atoms with Gasteiger partial charge in [0.25, 0.3) is 0 Å². The number of nitrogens with one attached hydrogen (secondary N) is 1. The van der Waals surface area contributed by atoms with E-state index in [0.717, 1.165) is 13.1 Å². The summed E-state index contributed by atoms with van der Waals surface area (Å²) in [6.07, 6.45) is 9.61. The molecule has 102 valence electrons. The molecule has 6 nitrogen and oxygen atoms in total. The predicted molar refractivity (Wildman–Crippen MR) is 78.5 cm³/mol. The van der Waals surface area contributed by atoms with Crippen molar-refractivity contribution in [1.82, 2.24) is 20.3 Å². The van der Waals surface area contributed by atoms with Crippen LogP contribution in [0.2, 0.25) is 0 Å². The molecule has 0 bridgehead atoms. The Morgan fingerprint density at radius 3 is 2.63 bits per heavy atom. The van der Waals surface area contributed by atoms with Crippen LogP contribution in [-0.2, 0) is 0 Å². The van der Waals surface area contributed by atoms with Crippen LogP contribution in [-0.4, -0.2) is 38.9 Å². The SMILES string of the molecule is N/C(=N\NC(=S)N1CCCCCC1)c1cnccn1. The fourth-order valence-corrected chi connectivity index (χ4v) is 2.17. The van der Waals surface area contributed by atoms with E-state index in [1.165, 1.54) is 25.7 Å². The van der Waals surface area contributed by atoms with Crippen molar-refractivity contribution in [3.8, 4) is 0 Å². The maximum Gasteiger partial charge on any atom is 0.189 e. The zero-order chi connectivity index (χ0) is 13.5. The van der Waals surface area contributed by atoms with Crippen molar-refractivity contribution < 1.29 is 0 Å². The number of likely N-dealkylation sites (tertiary alicyclic amines) is 1. The Morgan fingerprint density at radius 2 is 2.00 bits per heavy atom. The van der Waals surface area contributed by atoms with Gasteiger partial charge in [0.05, 0.1) is 6.20 Å². The average molecular weight is 278 g/mol. The summed E-state index contributed by atoms with van der Waals surface area (Å²) < 4.78 is 0. The van der Waals surface area contributed by atoms with Gasteiger partial charge in [0.2, 0.25) is 0 Å². The summed E-state index contributed by atoms with van der Waals surface area (Å²) in [5.74, 6) is 0.283. The van der Waals surface area contributed by atoms with E-state index in [9.17, 15) is 0 Å². The van der Waals surface area contributed by atoms with Crippen molar-refractivity contribution >= 4 is 23.2 Å². The third-order valence-corrected chi connectivity index (χ3v) is 3.34. The van der Waals surface area contributed by atoms with Gasteiger partial charge >= 0.3 is 0 Å². The predicted octanol–water partition coefficient (Wildman–Crippen LogP) is 0.847. The normalized spacial score (nSPS) is 16.8. The van der Waals surface area contributed by atoms with Gasteiger partial charge in [0.1, 0.15) is 5.69 Å². The highest BCUT2D eigenvalue weighted by Crippen LogP contribution is 2.09. The molecule has 3 N–H and O–H groups in total. The highest BCUT2D eigenvalue weighted by atomic mass is 32.1. The Morgan fingerprint density at radius 1 is 1.26 bits per heavy atom. The van der Waals surface area contributed by atoms with E-state index in [1.807, 2.05) is 0 Å². The molecule has 0 amide bonds. The summed E-state index contributed by atoms with van der Waals surface area (Å²) in [7, 11) is 0. The monoisotopic (exact) mass is 278 g/mol. The highest BCUT2D eigenvalue weighted by Gasteiger charge is 2.11. The second-order valence-corrected chi connectivity index (χ2v) is 4.79. The third-order valence-electron chi connectivity index (χ3n) is 2.99. The van der Waals surface area contributed by atoms with E-state index >= 15 is 0 Å². The third kappa shape index (κ3) is 4.13. The van der Waals surface area contributed by atoms with Crippen LogP contribution in [0.3, 0.4) is 0 Å². The number of aromatic nitrogens is 2. The minimum atomic E-state index is 0.283. The number of amidine groups is 1. The lowest BCUT2D eigenvalue weighted by Gasteiger charge is -2.22.